The SMILES string of the molecule is CC(NC(C)c1ccccc1Cl)C(=O)Nc1cccc(S(=O)(=O)N2CCCCC2)c1. The molecule has 1 heterocycles. The largest absolute Gasteiger partial charge is 0.325 e. The molecule has 2 atom stereocenters. The van der Waals surface area contributed by atoms with Crippen LogP contribution in [0.1, 0.15) is 44.7 Å². The average molecular weight is 450 g/mol. The number of hydrogen-bond donors (Lipinski definition) is 2. The lowest BCUT2D eigenvalue weighted by molar-refractivity contribution is -0.117. The van der Waals surface area contributed by atoms with Crippen LogP contribution in [-0.2, 0) is 14.8 Å². The number of nitrogens with zero attached hydrogens (tertiary/aromatic N) is 1. The number of halogens is 1. The van der Waals surface area contributed by atoms with Crippen molar-refractivity contribution in [3.8, 4) is 0 Å². The van der Waals surface area contributed by atoms with Gasteiger partial charge in [-0.2, -0.15) is 4.31 Å². The Bertz CT molecular complexity index is 991. The molecule has 2 unspecified atom stereocenters. The quantitative estimate of drug-likeness (QED) is 0.664. The third-order valence-corrected chi connectivity index (χ3v) is 7.56. The molecule has 30 heavy (non-hydrogen) atoms. The zero-order valence-corrected chi connectivity index (χ0v) is 18.8. The van der Waals surface area contributed by atoms with Crippen LogP contribution in [0, 0.1) is 0 Å². The molecule has 1 aliphatic heterocycles. The van der Waals surface area contributed by atoms with Crippen molar-refractivity contribution < 1.29 is 13.2 Å². The fraction of sp³-hybridized carbons (Fsp3) is 0.409. The van der Waals surface area contributed by atoms with Crippen LogP contribution in [-0.4, -0.2) is 37.8 Å². The summed E-state index contributed by atoms with van der Waals surface area (Å²) in [4.78, 5) is 12.9. The fourth-order valence-corrected chi connectivity index (χ4v) is 5.47. The number of nitrogens with one attached hydrogen (secondary N) is 2. The van der Waals surface area contributed by atoms with Gasteiger partial charge in [-0.05, 0) is 56.5 Å². The Labute approximate surface area is 183 Å². The molecule has 162 valence electrons. The van der Waals surface area contributed by atoms with Gasteiger partial charge in [0.15, 0.2) is 0 Å². The summed E-state index contributed by atoms with van der Waals surface area (Å²) in [5.74, 6) is -0.249. The highest BCUT2D eigenvalue weighted by Crippen LogP contribution is 2.24. The zero-order chi connectivity index (χ0) is 21.7. The first-order valence-electron chi connectivity index (χ1n) is 10.2. The summed E-state index contributed by atoms with van der Waals surface area (Å²) in [6.07, 6.45) is 2.81. The van der Waals surface area contributed by atoms with Gasteiger partial charge in [0.25, 0.3) is 0 Å². The second-order valence-corrected chi connectivity index (χ2v) is 9.96. The molecule has 6 nitrogen and oxygen atoms in total. The summed E-state index contributed by atoms with van der Waals surface area (Å²) < 4.78 is 27.3. The second-order valence-electron chi connectivity index (χ2n) is 7.61. The Balaban J connectivity index is 1.66. The highest BCUT2D eigenvalue weighted by Gasteiger charge is 2.26. The van der Waals surface area contributed by atoms with E-state index in [1.165, 1.54) is 10.4 Å². The van der Waals surface area contributed by atoms with Gasteiger partial charge in [0.1, 0.15) is 0 Å². The van der Waals surface area contributed by atoms with Crippen molar-refractivity contribution >= 4 is 33.2 Å². The molecule has 2 aromatic rings. The number of piperidine rings is 1. The lowest BCUT2D eigenvalue weighted by Crippen LogP contribution is -2.39. The predicted octanol–water partition coefficient (Wildman–Crippen LogP) is 4.19. The lowest BCUT2D eigenvalue weighted by Gasteiger charge is -2.26. The molecule has 0 aromatic heterocycles. The van der Waals surface area contributed by atoms with Crippen molar-refractivity contribution in [2.24, 2.45) is 0 Å². The van der Waals surface area contributed by atoms with Gasteiger partial charge in [-0.25, -0.2) is 8.42 Å². The number of amides is 1. The third-order valence-electron chi connectivity index (χ3n) is 5.32. The van der Waals surface area contributed by atoms with Gasteiger partial charge in [-0.1, -0.05) is 42.3 Å². The van der Waals surface area contributed by atoms with E-state index in [0.717, 1.165) is 24.8 Å². The average Bonchev–Trinajstić information content (AvgIpc) is 2.74. The van der Waals surface area contributed by atoms with E-state index >= 15 is 0 Å². The minimum absolute atomic E-state index is 0.120. The van der Waals surface area contributed by atoms with Crippen LogP contribution in [0.2, 0.25) is 5.02 Å². The summed E-state index contributed by atoms with van der Waals surface area (Å²) in [6.45, 7) is 4.79. The topological polar surface area (TPSA) is 78.5 Å². The fourth-order valence-electron chi connectivity index (χ4n) is 3.61. The molecular formula is C22H28ClN3O3S. The van der Waals surface area contributed by atoms with Crippen molar-refractivity contribution in [3.63, 3.8) is 0 Å². The molecule has 1 amide bonds. The Morgan fingerprint density at radius 3 is 2.43 bits per heavy atom. The number of hydrogen-bond acceptors (Lipinski definition) is 4. The van der Waals surface area contributed by atoms with E-state index in [1.807, 2.05) is 31.2 Å². The molecule has 1 fully saturated rings. The van der Waals surface area contributed by atoms with E-state index in [4.69, 9.17) is 11.6 Å². The maximum absolute atomic E-state index is 12.9. The Hall–Kier alpha value is -1.93. The Kier molecular flexibility index (Phi) is 7.52. The van der Waals surface area contributed by atoms with E-state index in [2.05, 4.69) is 10.6 Å². The van der Waals surface area contributed by atoms with Gasteiger partial charge in [0.05, 0.1) is 10.9 Å². The van der Waals surface area contributed by atoms with Gasteiger partial charge in [-0.15, -0.1) is 0 Å². The second kappa shape index (κ2) is 9.92. The van der Waals surface area contributed by atoms with Crippen LogP contribution in [0.25, 0.3) is 0 Å². The first-order chi connectivity index (χ1) is 14.3. The first-order valence-corrected chi connectivity index (χ1v) is 12.0. The molecule has 3 rings (SSSR count). The van der Waals surface area contributed by atoms with Crippen LogP contribution in [0.4, 0.5) is 5.69 Å². The maximum atomic E-state index is 12.9. The van der Waals surface area contributed by atoms with Crippen molar-refractivity contribution in [2.45, 2.75) is 50.1 Å². The van der Waals surface area contributed by atoms with Crippen LogP contribution in [0.5, 0.6) is 0 Å². The number of rotatable bonds is 7. The summed E-state index contributed by atoms with van der Waals surface area (Å²) in [5, 5.41) is 6.68. The summed E-state index contributed by atoms with van der Waals surface area (Å²) in [7, 11) is -3.55. The van der Waals surface area contributed by atoms with E-state index in [-0.39, 0.29) is 16.8 Å². The molecule has 2 N–H and O–H groups in total. The smallest absolute Gasteiger partial charge is 0.243 e. The molecule has 0 saturated carbocycles. The van der Waals surface area contributed by atoms with E-state index in [9.17, 15) is 13.2 Å². The monoisotopic (exact) mass is 449 g/mol. The van der Waals surface area contributed by atoms with Crippen molar-refractivity contribution in [1.82, 2.24) is 9.62 Å². The van der Waals surface area contributed by atoms with Gasteiger partial charge in [0.2, 0.25) is 15.9 Å². The summed E-state index contributed by atoms with van der Waals surface area (Å²) in [5.41, 5.74) is 1.37. The van der Waals surface area contributed by atoms with Crippen LogP contribution < -0.4 is 10.6 Å². The summed E-state index contributed by atoms with van der Waals surface area (Å²) >= 11 is 6.23. The third kappa shape index (κ3) is 5.40. The molecule has 8 heteroatoms. The minimum Gasteiger partial charge on any atom is -0.325 e. The zero-order valence-electron chi connectivity index (χ0n) is 17.3. The molecular weight excluding hydrogens is 422 g/mol. The van der Waals surface area contributed by atoms with Crippen LogP contribution >= 0.6 is 11.6 Å². The maximum Gasteiger partial charge on any atom is 0.243 e. The van der Waals surface area contributed by atoms with Crippen molar-refractivity contribution in [3.05, 3.63) is 59.1 Å². The molecule has 1 aliphatic rings. The van der Waals surface area contributed by atoms with E-state index in [0.29, 0.717) is 23.8 Å². The molecule has 0 aliphatic carbocycles. The number of carbonyl (C=O) groups excluding carboxylic acids is 1. The summed E-state index contributed by atoms with van der Waals surface area (Å²) in [6, 6.07) is 13.3. The molecule has 0 spiro atoms. The normalized spacial score (nSPS) is 17.3. The number of carbonyl (C=O) groups is 1. The number of benzene rings is 2. The Morgan fingerprint density at radius 1 is 1.03 bits per heavy atom. The van der Waals surface area contributed by atoms with Crippen molar-refractivity contribution in [1.29, 1.82) is 0 Å². The first kappa shape index (κ1) is 22.7. The highest BCUT2D eigenvalue weighted by molar-refractivity contribution is 7.89. The molecule has 0 bridgehead atoms. The van der Waals surface area contributed by atoms with Gasteiger partial charge < -0.3 is 5.32 Å². The van der Waals surface area contributed by atoms with E-state index in [1.54, 1.807) is 25.1 Å². The molecule has 0 radical (unpaired) electrons. The van der Waals surface area contributed by atoms with Gasteiger partial charge in [0, 0.05) is 29.8 Å². The standard InChI is InChI=1S/C22H28ClN3O3S/c1-16(20-11-4-5-12-21(20)23)24-17(2)22(27)25-18-9-8-10-19(15-18)30(28,29)26-13-6-3-7-14-26/h4-5,8-12,15-17,24H,3,6-7,13-14H2,1-2H3,(H,25,27). The van der Waals surface area contributed by atoms with Crippen LogP contribution in [0.3, 0.4) is 0 Å². The van der Waals surface area contributed by atoms with Crippen LogP contribution in [0.15, 0.2) is 53.4 Å². The number of sulfonamides is 1. The van der Waals surface area contributed by atoms with Crippen molar-refractivity contribution in [2.75, 3.05) is 18.4 Å². The minimum atomic E-state index is -3.55. The van der Waals surface area contributed by atoms with Gasteiger partial charge in [-0.3, -0.25) is 10.1 Å². The molecule has 1 saturated heterocycles. The highest BCUT2D eigenvalue weighted by atomic mass is 35.5. The van der Waals surface area contributed by atoms with Gasteiger partial charge >= 0.3 is 0 Å². The predicted molar refractivity (Wildman–Crippen MR) is 120 cm³/mol. The lowest BCUT2D eigenvalue weighted by atomic mass is 10.1. The molecule has 2 aromatic carbocycles. The Morgan fingerprint density at radius 2 is 1.73 bits per heavy atom. The van der Waals surface area contributed by atoms with E-state index < -0.39 is 16.1 Å². The number of anilines is 1.